The van der Waals surface area contributed by atoms with E-state index in [9.17, 15) is 5.11 Å². The summed E-state index contributed by atoms with van der Waals surface area (Å²) < 4.78 is 0. The summed E-state index contributed by atoms with van der Waals surface area (Å²) in [6.45, 7) is 11.1. The first-order valence-electron chi connectivity index (χ1n) is 6.76. The lowest BCUT2D eigenvalue weighted by Crippen LogP contribution is -2.34. The third kappa shape index (κ3) is 1.21. The summed E-state index contributed by atoms with van der Waals surface area (Å²) in [5, 5.41) is 10.6. The van der Waals surface area contributed by atoms with Gasteiger partial charge in [0.25, 0.3) is 0 Å². The molecular weight excluding hydrogens is 196 g/mol. The van der Waals surface area contributed by atoms with Crippen molar-refractivity contribution in [2.24, 2.45) is 29.1 Å². The first kappa shape index (κ1) is 10.8. The molecule has 0 bridgehead atoms. The number of fused-ring (bicyclic) bond motifs is 3. The average Bonchev–Trinajstić information content (AvgIpc) is 2.61. The molecule has 0 aliphatic heterocycles. The second-order valence-corrected chi connectivity index (χ2v) is 7.18. The largest absolute Gasteiger partial charge is 0.390 e. The number of allylic oxidation sites excluding steroid dienone is 1. The highest BCUT2D eigenvalue weighted by atomic mass is 16.3. The lowest BCUT2D eigenvalue weighted by Gasteiger charge is -2.31. The van der Waals surface area contributed by atoms with Crippen LogP contribution in [0.5, 0.6) is 0 Å². The van der Waals surface area contributed by atoms with Crippen molar-refractivity contribution in [3.05, 3.63) is 12.2 Å². The Labute approximate surface area is 98.9 Å². The molecule has 0 spiro atoms. The third-order valence-corrected chi connectivity index (χ3v) is 5.94. The maximum Gasteiger partial charge on any atom is 0.0656 e. The molecule has 1 heteroatoms. The minimum Gasteiger partial charge on any atom is -0.390 e. The van der Waals surface area contributed by atoms with Crippen molar-refractivity contribution in [3.8, 4) is 0 Å². The van der Waals surface area contributed by atoms with Crippen molar-refractivity contribution in [2.75, 3.05) is 0 Å². The van der Waals surface area contributed by atoms with Gasteiger partial charge in [-0.15, -0.1) is 0 Å². The summed E-state index contributed by atoms with van der Waals surface area (Å²) in [5.41, 5.74) is 1.46. The lowest BCUT2D eigenvalue weighted by atomic mass is 9.78. The first-order chi connectivity index (χ1) is 7.36. The molecule has 3 aliphatic carbocycles. The van der Waals surface area contributed by atoms with Crippen LogP contribution in [-0.2, 0) is 0 Å². The van der Waals surface area contributed by atoms with E-state index < -0.39 is 5.60 Å². The molecule has 0 heterocycles. The maximum atomic E-state index is 10.6. The molecule has 3 aliphatic rings. The SMILES string of the molecule is C=C1CC[C@H]2[C@@H]([C@H]3[C@@H]1CC[C@@]3(C)O)C2(C)C. The predicted molar refractivity (Wildman–Crippen MR) is 66.0 cm³/mol. The molecule has 0 aromatic heterocycles. The molecule has 0 radical (unpaired) electrons. The summed E-state index contributed by atoms with van der Waals surface area (Å²) in [4.78, 5) is 0. The molecule has 3 rings (SSSR count). The first-order valence-corrected chi connectivity index (χ1v) is 6.76. The Kier molecular flexibility index (Phi) is 1.98. The van der Waals surface area contributed by atoms with E-state index in [0.29, 0.717) is 17.3 Å². The summed E-state index contributed by atoms with van der Waals surface area (Å²) in [7, 11) is 0. The number of aliphatic hydroxyl groups is 1. The third-order valence-electron chi connectivity index (χ3n) is 5.94. The second-order valence-electron chi connectivity index (χ2n) is 7.18. The van der Waals surface area contributed by atoms with E-state index in [4.69, 9.17) is 0 Å². The molecule has 0 saturated heterocycles. The Morgan fingerprint density at radius 1 is 1.19 bits per heavy atom. The Morgan fingerprint density at radius 3 is 2.56 bits per heavy atom. The molecule has 0 amide bonds. The fraction of sp³-hybridized carbons (Fsp3) is 0.867. The van der Waals surface area contributed by atoms with Gasteiger partial charge in [-0.05, 0) is 61.7 Å². The van der Waals surface area contributed by atoms with Crippen molar-refractivity contribution >= 4 is 0 Å². The number of hydrogen-bond acceptors (Lipinski definition) is 1. The van der Waals surface area contributed by atoms with E-state index in [1.54, 1.807) is 0 Å². The molecule has 0 unspecified atom stereocenters. The molecule has 90 valence electrons. The Morgan fingerprint density at radius 2 is 1.88 bits per heavy atom. The quantitative estimate of drug-likeness (QED) is 0.620. The van der Waals surface area contributed by atoms with Gasteiger partial charge in [-0.1, -0.05) is 26.0 Å². The smallest absolute Gasteiger partial charge is 0.0656 e. The summed E-state index contributed by atoms with van der Waals surface area (Å²) in [6.07, 6.45) is 4.64. The summed E-state index contributed by atoms with van der Waals surface area (Å²) in [5.74, 6) is 2.67. The number of hydrogen-bond donors (Lipinski definition) is 1. The van der Waals surface area contributed by atoms with E-state index in [1.807, 2.05) is 0 Å². The number of rotatable bonds is 0. The van der Waals surface area contributed by atoms with E-state index in [2.05, 4.69) is 27.4 Å². The van der Waals surface area contributed by atoms with Crippen molar-refractivity contribution in [2.45, 2.75) is 52.1 Å². The second kappa shape index (κ2) is 2.93. The molecular formula is C15H24O. The highest BCUT2D eigenvalue weighted by molar-refractivity contribution is 5.22. The Bertz CT molecular complexity index is 339. The highest BCUT2D eigenvalue weighted by Gasteiger charge is 2.67. The highest BCUT2D eigenvalue weighted by Crippen LogP contribution is 2.71. The van der Waals surface area contributed by atoms with Crippen LogP contribution in [0.3, 0.4) is 0 Å². The van der Waals surface area contributed by atoms with Crippen molar-refractivity contribution in [1.82, 2.24) is 0 Å². The normalized spacial score (nSPS) is 54.1. The van der Waals surface area contributed by atoms with Crippen LogP contribution in [-0.4, -0.2) is 10.7 Å². The molecule has 1 nitrogen and oxygen atoms in total. The van der Waals surface area contributed by atoms with E-state index >= 15 is 0 Å². The van der Waals surface area contributed by atoms with E-state index in [1.165, 1.54) is 18.4 Å². The molecule has 1 N–H and O–H groups in total. The van der Waals surface area contributed by atoms with Crippen molar-refractivity contribution in [1.29, 1.82) is 0 Å². The van der Waals surface area contributed by atoms with Crippen LogP contribution in [0.15, 0.2) is 12.2 Å². The molecule has 5 atom stereocenters. The fourth-order valence-electron chi connectivity index (χ4n) is 4.90. The van der Waals surface area contributed by atoms with E-state index in [0.717, 1.165) is 24.7 Å². The lowest BCUT2D eigenvalue weighted by molar-refractivity contribution is -0.00137. The minimum atomic E-state index is -0.436. The van der Waals surface area contributed by atoms with Crippen molar-refractivity contribution < 1.29 is 5.11 Å². The van der Waals surface area contributed by atoms with Crippen LogP contribution in [0.4, 0.5) is 0 Å². The standard InChI is InChI=1S/C15H24O/c1-9-5-6-11-13(14(11,2)3)12-10(9)7-8-15(12,4)16/h10-13,16H,1,5-8H2,2-4H3/t10-,11+,12-,13+,15-/m1/s1. The van der Waals surface area contributed by atoms with Crippen LogP contribution in [0.1, 0.15) is 46.5 Å². The Balaban J connectivity index is 1.98. The van der Waals surface area contributed by atoms with Crippen LogP contribution in [0, 0.1) is 29.1 Å². The van der Waals surface area contributed by atoms with Gasteiger partial charge in [-0.3, -0.25) is 0 Å². The van der Waals surface area contributed by atoms with Gasteiger partial charge >= 0.3 is 0 Å². The monoisotopic (exact) mass is 220 g/mol. The zero-order chi connectivity index (χ0) is 11.7. The Hall–Kier alpha value is -0.300. The van der Waals surface area contributed by atoms with Crippen molar-refractivity contribution in [3.63, 3.8) is 0 Å². The average molecular weight is 220 g/mol. The molecule has 3 saturated carbocycles. The van der Waals surface area contributed by atoms with Gasteiger partial charge in [-0.2, -0.15) is 0 Å². The zero-order valence-electron chi connectivity index (χ0n) is 10.8. The molecule has 3 fully saturated rings. The predicted octanol–water partition coefficient (Wildman–Crippen LogP) is 3.39. The van der Waals surface area contributed by atoms with Crippen LogP contribution in [0.25, 0.3) is 0 Å². The minimum absolute atomic E-state index is 0.436. The van der Waals surface area contributed by atoms with Gasteiger partial charge in [0, 0.05) is 0 Å². The topological polar surface area (TPSA) is 20.2 Å². The van der Waals surface area contributed by atoms with Crippen LogP contribution < -0.4 is 0 Å². The molecule has 0 aromatic carbocycles. The van der Waals surface area contributed by atoms with Crippen LogP contribution in [0.2, 0.25) is 0 Å². The van der Waals surface area contributed by atoms with Gasteiger partial charge in [0.2, 0.25) is 0 Å². The molecule has 0 aromatic rings. The summed E-state index contributed by atoms with van der Waals surface area (Å²) >= 11 is 0. The molecule has 16 heavy (non-hydrogen) atoms. The van der Waals surface area contributed by atoms with Gasteiger partial charge < -0.3 is 5.11 Å². The zero-order valence-corrected chi connectivity index (χ0v) is 10.8. The van der Waals surface area contributed by atoms with Gasteiger partial charge in [-0.25, -0.2) is 0 Å². The van der Waals surface area contributed by atoms with Gasteiger partial charge in [0.1, 0.15) is 0 Å². The fourth-order valence-corrected chi connectivity index (χ4v) is 4.90. The van der Waals surface area contributed by atoms with E-state index in [-0.39, 0.29) is 0 Å². The van der Waals surface area contributed by atoms with Gasteiger partial charge in [0.05, 0.1) is 5.60 Å². The summed E-state index contributed by atoms with van der Waals surface area (Å²) in [6, 6.07) is 0. The van der Waals surface area contributed by atoms with Crippen LogP contribution >= 0.6 is 0 Å². The maximum absolute atomic E-state index is 10.6. The van der Waals surface area contributed by atoms with Gasteiger partial charge in [0.15, 0.2) is 0 Å².